The Labute approximate surface area is 175 Å². The lowest BCUT2D eigenvalue weighted by Gasteiger charge is -2.33. The van der Waals surface area contributed by atoms with Crippen molar-refractivity contribution in [2.75, 3.05) is 32.4 Å². The molecule has 0 aliphatic carbocycles. The number of benzene rings is 1. The molecule has 0 bridgehead atoms. The molecule has 0 unspecified atom stereocenters. The first kappa shape index (κ1) is 20.5. The van der Waals surface area contributed by atoms with Crippen LogP contribution in [0.25, 0.3) is 0 Å². The Bertz CT molecular complexity index is 952. The minimum atomic E-state index is -3.67. The van der Waals surface area contributed by atoms with Crippen LogP contribution in [0.15, 0.2) is 27.4 Å². The van der Waals surface area contributed by atoms with E-state index in [9.17, 15) is 8.42 Å². The summed E-state index contributed by atoms with van der Waals surface area (Å²) in [4.78, 5) is 2.18. The van der Waals surface area contributed by atoms with Gasteiger partial charge in [0.25, 0.3) is 0 Å². The molecule has 0 spiro atoms. The molecular weight excluding hydrogens is 455 g/mol. The van der Waals surface area contributed by atoms with Gasteiger partial charge in [0.1, 0.15) is 4.90 Å². The van der Waals surface area contributed by atoms with Crippen molar-refractivity contribution in [3.8, 4) is 0 Å². The van der Waals surface area contributed by atoms with Gasteiger partial charge in [-0.2, -0.15) is 9.40 Å². The first-order chi connectivity index (χ1) is 12.3. The average Bonchev–Trinajstić information content (AvgIpc) is 2.97. The minimum absolute atomic E-state index is 0.0476. The normalized spacial score (nSPS) is 16.9. The van der Waals surface area contributed by atoms with Gasteiger partial charge in [0, 0.05) is 31.2 Å². The molecule has 1 aromatic carbocycles. The summed E-state index contributed by atoms with van der Waals surface area (Å²) in [6.07, 6.45) is 1.96. The molecule has 0 saturated carbocycles. The second-order valence-electron chi connectivity index (χ2n) is 5.58. The molecule has 1 aliphatic rings. The summed E-state index contributed by atoms with van der Waals surface area (Å²) in [5.41, 5.74) is 0. The highest BCUT2D eigenvalue weighted by molar-refractivity contribution is 8.00. The molecule has 2 heterocycles. The third kappa shape index (κ3) is 4.44. The lowest BCUT2D eigenvalue weighted by Crippen LogP contribution is -2.49. The number of sulfonamides is 1. The van der Waals surface area contributed by atoms with Crippen LogP contribution in [0.5, 0.6) is 0 Å². The summed E-state index contributed by atoms with van der Waals surface area (Å²) in [5, 5.41) is 4.97. The van der Waals surface area contributed by atoms with E-state index < -0.39 is 10.0 Å². The molecule has 1 aromatic heterocycles. The second-order valence-corrected chi connectivity index (χ2v) is 11.0. The van der Waals surface area contributed by atoms with Crippen LogP contribution >= 0.6 is 58.5 Å². The molecule has 0 N–H and O–H groups in total. The van der Waals surface area contributed by atoms with Crippen LogP contribution in [0.2, 0.25) is 10.0 Å². The predicted octanol–water partition coefficient (Wildman–Crippen LogP) is 3.67. The van der Waals surface area contributed by atoms with Crippen molar-refractivity contribution in [2.45, 2.75) is 15.9 Å². The maximum atomic E-state index is 12.9. The van der Waals surface area contributed by atoms with Crippen LogP contribution in [0.4, 0.5) is 0 Å². The fraction of sp³-hybridized carbons (Fsp3) is 0.429. The highest BCUT2D eigenvalue weighted by Crippen LogP contribution is 2.28. The van der Waals surface area contributed by atoms with Gasteiger partial charge in [-0.05, 0) is 36.7 Å². The summed E-state index contributed by atoms with van der Waals surface area (Å²) >= 11 is 20.4. The first-order valence-corrected chi connectivity index (χ1v) is 12.3. The van der Waals surface area contributed by atoms with Gasteiger partial charge < -0.3 is 0 Å². The lowest BCUT2D eigenvalue weighted by atomic mass is 10.4. The number of thioether (sulfide) groups is 1. The topological polar surface area (TPSA) is 58.4 Å². The Morgan fingerprint density at radius 2 is 1.96 bits per heavy atom. The number of hydrogen-bond donors (Lipinski definition) is 0. The largest absolute Gasteiger partial charge is 0.282 e. The van der Waals surface area contributed by atoms with Gasteiger partial charge in [-0.1, -0.05) is 46.3 Å². The monoisotopic (exact) mass is 470 g/mol. The number of aromatic nitrogens is 2. The van der Waals surface area contributed by atoms with E-state index in [0.29, 0.717) is 37.9 Å². The third-order valence-corrected chi connectivity index (χ3v) is 8.84. The van der Waals surface area contributed by atoms with Crippen LogP contribution in [0, 0.1) is 3.95 Å². The standard InChI is InChI=1S/C14H16Cl2N4O2S4/c1-24-13-17-20(14(23)25-13)9-18-4-6-19(7-5-18)26(21,22)12-8-10(15)2-3-11(12)16/h2-3,8H,4-7,9H2,1H3. The lowest BCUT2D eigenvalue weighted by molar-refractivity contribution is 0.144. The van der Waals surface area contributed by atoms with Gasteiger partial charge >= 0.3 is 0 Å². The van der Waals surface area contributed by atoms with E-state index in [4.69, 9.17) is 35.4 Å². The molecule has 1 saturated heterocycles. The van der Waals surface area contributed by atoms with Gasteiger partial charge in [0.05, 0.1) is 11.7 Å². The summed E-state index contributed by atoms with van der Waals surface area (Å²) in [6, 6.07) is 4.46. The fourth-order valence-corrected chi connectivity index (χ4v) is 6.47. The maximum absolute atomic E-state index is 12.9. The van der Waals surface area contributed by atoms with Crippen LogP contribution in [-0.2, 0) is 16.7 Å². The smallest absolute Gasteiger partial charge is 0.244 e. The zero-order valence-electron chi connectivity index (χ0n) is 13.8. The van der Waals surface area contributed by atoms with E-state index >= 15 is 0 Å². The Hall–Kier alpha value is -0.200. The van der Waals surface area contributed by atoms with Crippen LogP contribution in [0.1, 0.15) is 0 Å². The highest BCUT2D eigenvalue weighted by Gasteiger charge is 2.30. The van der Waals surface area contributed by atoms with Crippen molar-refractivity contribution in [1.82, 2.24) is 19.0 Å². The van der Waals surface area contributed by atoms with Crippen molar-refractivity contribution < 1.29 is 8.42 Å². The third-order valence-electron chi connectivity index (χ3n) is 3.94. The van der Waals surface area contributed by atoms with E-state index in [2.05, 4.69) is 10.00 Å². The number of halogens is 2. The number of nitrogens with zero attached hydrogens (tertiary/aromatic N) is 4. The molecule has 0 atom stereocenters. The molecule has 0 radical (unpaired) electrons. The van der Waals surface area contributed by atoms with Gasteiger partial charge in [-0.15, -0.1) is 0 Å². The molecule has 12 heteroatoms. The quantitative estimate of drug-likeness (QED) is 0.490. The van der Waals surface area contributed by atoms with Gasteiger partial charge in [-0.3, -0.25) is 4.90 Å². The van der Waals surface area contributed by atoms with E-state index in [0.717, 1.165) is 8.29 Å². The molecule has 3 rings (SSSR count). The summed E-state index contributed by atoms with van der Waals surface area (Å²) in [6.45, 7) is 2.48. The fourth-order valence-electron chi connectivity index (χ4n) is 2.57. The van der Waals surface area contributed by atoms with E-state index in [1.165, 1.54) is 27.8 Å². The zero-order chi connectivity index (χ0) is 18.9. The predicted molar refractivity (Wildman–Crippen MR) is 110 cm³/mol. The second kappa shape index (κ2) is 8.44. The number of rotatable bonds is 5. The number of hydrogen-bond acceptors (Lipinski definition) is 7. The Morgan fingerprint density at radius 1 is 1.27 bits per heavy atom. The summed E-state index contributed by atoms with van der Waals surface area (Å²) in [5.74, 6) is 0. The molecule has 0 amide bonds. The Balaban J connectivity index is 1.68. The van der Waals surface area contributed by atoms with Crippen LogP contribution in [-0.4, -0.2) is 59.8 Å². The van der Waals surface area contributed by atoms with Crippen LogP contribution in [0.3, 0.4) is 0 Å². The molecule has 1 fully saturated rings. The van der Waals surface area contributed by atoms with Crippen molar-refractivity contribution in [3.05, 3.63) is 32.2 Å². The van der Waals surface area contributed by atoms with Gasteiger partial charge in [-0.25, -0.2) is 13.1 Å². The van der Waals surface area contributed by atoms with Gasteiger partial charge in [0.15, 0.2) is 8.29 Å². The van der Waals surface area contributed by atoms with Crippen molar-refractivity contribution in [2.24, 2.45) is 0 Å². The summed E-state index contributed by atoms with van der Waals surface area (Å²) in [7, 11) is -3.67. The molecule has 142 valence electrons. The number of piperazine rings is 1. The average molecular weight is 471 g/mol. The SMILES string of the molecule is CSc1nn(CN2CCN(S(=O)(=O)c3cc(Cl)ccc3Cl)CC2)c(=S)s1. The minimum Gasteiger partial charge on any atom is -0.282 e. The van der Waals surface area contributed by atoms with E-state index in [1.807, 2.05) is 6.26 Å². The zero-order valence-corrected chi connectivity index (χ0v) is 18.5. The Morgan fingerprint density at radius 3 is 2.58 bits per heavy atom. The van der Waals surface area contributed by atoms with Gasteiger partial charge in [0.2, 0.25) is 10.0 Å². The van der Waals surface area contributed by atoms with E-state index in [-0.39, 0.29) is 9.92 Å². The maximum Gasteiger partial charge on any atom is 0.244 e. The molecule has 1 aliphatic heterocycles. The van der Waals surface area contributed by atoms with Crippen LogP contribution < -0.4 is 0 Å². The molecule has 6 nitrogen and oxygen atoms in total. The van der Waals surface area contributed by atoms with Crippen molar-refractivity contribution in [1.29, 1.82) is 0 Å². The first-order valence-electron chi connectivity index (χ1n) is 7.61. The van der Waals surface area contributed by atoms with Crippen molar-refractivity contribution >= 4 is 68.5 Å². The van der Waals surface area contributed by atoms with Crippen molar-refractivity contribution in [3.63, 3.8) is 0 Å². The molecular formula is C14H16Cl2N4O2S4. The molecule has 2 aromatic rings. The molecule has 26 heavy (non-hydrogen) atoms. The Kier molecular flexibility index (Phi) is 6.66. The summed E-state index contributed by atoms with van der Waals surface area (Å²) < 4.78 is 30.6. The van der Waals surface area contributed by atoms with E-state index in [1.54, 1.807) is 22.5 Å². The highest BCUT2D eigenvalue weighted by atomic mass is 35.5.